The van der Waals surface area contributed by atoms with Crippen LogP contribution in [0.15, 0.2) is 0 Å². The van der Waals surface area contributed by atoms with E-state index in [0.29, 0.717) is 22.7 Å². The maximum Gasteiger partial charge on any atom is 0.226 e. The molecule has 3 aliphatic carbocycles. The summed E-state index contributed by atoms with van der Waals surface area (Å²) in [6, 6.07) is 0. The first kappa shape index (κ1) is 11.3. The van der Waals surface area contributed by atoms with Gasteiger partial charge in [0.15, 0.2) is 0 Å². The summed E-state index contributed by atoms with van der Waals surface area (Å²) < 4.78 is 0. The number of hydrogen-bond acceptors (Lipinski definition) is 1. The lowest BCUT2D eigenvalue weighted by Gasteiger charge is -2.34. The number of amides is 1. The predicted molar refractivity (Wildman–Crippen MR) is 71.0 cm³/mol. The highest BCUT2D eigenvalue weighted by Gasteiger charge is 2.88. The highest BCUT2D eigenvalue weighted by Crippen LogP contribution is 2.92. The van der Waals surface area contributed by atoms with Crippen LogP contribution in [0.4, 0.5) is 0 Å². The van der Waals surface area contributed by atoms with Gasteiger partial charge in [-0.3, -0.25) is 4.79 Å². The lowest BCUT2D eigenvalue weighted by atomic mass is 9.86. The van der Waals surface area contributed by atoms with E-state index in [1.54, 1.807) is 0 Å². The van der Waals surface area contributed by atoms with Crippen LogP contribution in [0.3, 0.4) is 0 Å². The molecule has 0 N–H and O–H groups in total. The third-order valence-electron chi connectivity index (χ3n) is 6.63. The van der Waals surface area contributed by atoms with Crippen molar-refractivity contribution in [1.29, 1.82) is 0 Å². The molecule has 0 radical (unpaired) electrons. The normalized spacial score (nSPS) is 32.3. The van der Waals surface area contributed by atoms with Gasteiger partial charge in [-0.1, -0.05) is 13.8 Å². The molecule has 2 nitrogen and oxygen atoms in total. The minimum atomic E-state index is 0.459. The van der Waals surface area contributed by atoms with E-state index in [1.165, 1.54) is 38.5 Å². The van der Waals surface area contributed by atoms with Gasteiger partial charge in [0.25, 0.3) is 0 Å². The van der Waals surface area contributed by atoms with Gasteiger partial charge in [-0.25, -0.2) is 0 Å². The van der Waals surface area contributed by atoms with Gasteiger partial charge in [-0.15, -0.1) is 0 Å². The Morgan fingerprint density at radius 1 is 1.06 bits per heavy atom. The summed E-state index contributed by atoms with van der Waals surface area (Å²) in [5.41, 5.74) is 1.08. The van der Waals surface area contributed by atoms with Crippen molar-refractivity contribution in [3.8, 4) is 0 Å². The third-order valence-corrected chi connectivity index (χ3v) is 6.63. The molecular formula is C16H25NO. The highest BCUT2D eigenvalue weighted by molar-refractivity contribution is 5.86. The molecule has 100 valence electrons. The molecule has 0 atom stereocenters. The molecule has 1 heterocycles. The number of rotatable bonds is 2. The zero-order valence-corrected chi connectivity index (χ0v) is 11.7. The second-order valence-electron chi connectivity index (χ2n) is 7.65. The molecule has 2 heteroatoms. The Morgan fingerprint density at radius 2 is 1.56 bits per heavy atom. The summed E-state index contributed by atoms with van der Waals surface area (Å²) in [6.45, 7) is 6.71. The standard InChI is InChI=1S/C16H25NO/c1-11(2)12-3-9-17(10-4-12)14(18)13-15(5-6-15)16(13)7-8-16/h11-13H,3-10H2,1-2H3. The maximum absolute atomic E-state index is 12.7. The molecule has 0 aromatic heterocycles. The molecule has 0 aromatic carbocycles. The first-order chi connectivity index (χ1) is 8.61. The lowest BCUT2D eigenvalue weighted by molar-refractivity contribution is -0.135. The Morgan fingerprint density at radius 3 is 1.94 bits per heavy atom. The van der Waals surface area contributed by atoms with Crippen LogP contribution in [0.5, 0.6) is 0 Å². The highest BCUT2D eigenvalue weighted by atomic mass is 16.2. The molecule has 0 bridgehead atoms. The SMILES string of the molecule is CC(C)C1CCN(C(=O)C2C3(CC3)C23CC3)CC1. The topological polar surface area (TPSA) is 20.3 Å². The predicted octanol–water partition coefficient (Wildman–Crippen LogP) is 3.07. The first-order valence-electron chi connectivity index (χ1n) is 7.89. The van der Waals surface area contributed by atoms with Crippen LogP contribution >= 0.6 is 0 Å². The number of piperidine rings is 1. The second kappa shape index (κ2) is 3.32. The average Bonchev–Trinajstić information content (AvgIpc) is 3.25. The molecule has 1 amide bonds. The van der Waals surface area contributed by atoms with Gasteiger partial charge in [-0.2, -0.15) is 0 Å². The van der Waals surface area contributed by atoms with E-state index in [9.17, 15) is 4.79 Å². The van der Waals surface area contributed by atoms with Gasteiger partial charge in [-0.05, 0) is 61.2 Å². The van der Waals surface area contributed by atoms with E-state index in [-0.39, 0.29) is 0 Å². The minimum Gasteiger partial charge on any atom is -0.342 e. The molecular weight excluding hydrogens is 222 g/mol. The molecule has 1 saturated heterocycles. The summed E-state index contributed by atoms with van der Waals surface area (Å²) in [6.07, 6.45) is 7.88. The number of nitrogens with zero attached hydrogens (tertiary/aromatic N) is 1. The summed E-state index contributed by atoms with van der Waals surface area (Å²) in [7, 11) is 0. The second-order valence-corrected chi connectivity index (χ2v) is 7.65. The number of likely N-dealkylation sites (tertiary alicyclic amines) is 1. The summed E-state index contributed by atoms with van der Waals surface area (Å²) in [4.78, 5) is 14.9. The van der Waals surface area contributed by atoms with E-state index in [4.69, 9.17) is 0 Å². The monoisotopic (exact) mass is 247 g/mol. The van der Waals surface area contributed by atoms with E-state index in [2.05, 4.69) is 18.7 Å². The van der Waals surface area contributed by atoms with Crippen molar-refractivity contribution in [2.75, 3.05) is 13.1 Å². The molecule has 4 fully saturated rings. The van der Waals surface area contributed by atoms with Crippen LogP contribution < -0.4 is 0 Å². The number of carbonyl (C=O) groups is 1. The van der Waals surface area contributed by atoms with Crippen LogP contribution in [-0.4, -0.2) is 23.9 Å². The summed E-state index contributed by atoms with van der Waals surface area (Å²) in [5.74, 6) is 2.62. The molecule has 0 aromatic rings. The Hall–Kier alpha value is -0.530. The van der Waals surface area contributed by atoms with Crippen LogP contribution in [0.2, 0.25) is 0 Å². The van der Waals surface area contributed by atoms with Crippen molar-refractivity contribution in [2.45, 2.75) is 52.4 Å². The zero-order chi connectivity index (χ0) is 12.5. The molecule has 18 heavy (non-hydrogen) atoms. The van der Waals surface area contributed by atoms with E-state index < -0.39 is 0 Å². The number of fused-ring (bicyclic) bond motifs is 1. The minimum absolute atomic E-state index is 0.459. The fourth-order valence-corrected chi connectivity index (χ4v) is 5.02. The van der Waals surface area contributed by atoms with Crippen molar-refractivity contribution < 1.29 is 4.79 Å². The number of hydrogen-bond donors (Lipinski definition) is 0. The molecule has 4 rings (SSSR count). The van der Waals surface area contributed by atoms with Gasteiger partial charge in [0.2, 0.25) is 5.91 Å². The fraction of sp³-hybridized carbons (Fsp3) is 0.938. The summed E-state index contributed by atoms with van der Waals surface area (Å²) >= 11 is 0. The van der Waals surface area contributed by atoms with Crippen LogP contribution in [0.25, 0.3) is 0 Å². The first-order valence-corrected chi connectivity index (χ1v) is 7.89. The van der Waals surface area contributed by atoms with Crippen molar-refractivity contribution in [2.24, 2.45) is 28.6 Å². The van der Waals surface area contributed by atoms with E-state index >= 15 is 0 Å². The van der Waals surface area contributed by atoms with Gasteiger partial charge < -0.3 is 4.90 Å². The molecule has 4 aliphatic rings. The Balaban J connectivity index is 1.40. The Labute approximate surface area is 110 Å². The third kappa shape index (κ3) is 1.27. The molecule has 2 spiro atoms. The van der Waals surface area contributed by atoms with Gasteiger partial charge >= 0.3 is 0 Å². The van der Waals surface area contributed by atoms with Gasteiger partial charge in [0.05, 0.1) is 5.92 Å². The van der Waals surface area contributed by atoms with Crippen molar-refractivity contribution in [1.82, 2.24) is 4.90 Å². The van der Waals surface area contributed by atoms with Crippen molar-refractivity contribution in [3.05, 3.63) is 0 Å². The molecule has 1 aliphatic heterocycles. The van der Waals surface area contributed by atoms with Crippen molar-refractivity contribution >= 4 is 5.91 Å². The summed E-state index contributed by atoms with van der Waals surface area (Å²) in [5, 5.41) is 0. The smallest absolute Gasteiger partial charge is 0.226 e. The van der Waals surface area contributed by atoms with Crippen LogP contribution in [0, 0.1) is 28.6 Å². The van der Waals surface area contributed by atoms with E-state index in [0.717, 1.165) is 24.9 Å². The zero-order valence-electron chi connectivity index (χ0n) is 11.7. The molecule has 3 saturated carbocycles. The number of carbonyl (C=O) groups excluding carboxylic acids is 1. The Bertz CT molecular complexity index is 366. The van der Waals surface area contributed by atoms with Crippen LogP contribution in [-0.2, 0) is 4.79 Å². The lowest BCUT2D eigenvalue weighted by Crippen LogP contribution is -2.40. The van der Waals surface area contributed by atoms with Gasteiger partial charge in [0, 0.05) is 13.1 Å². The quantitative estimate of drug-likeness (QED) is 0.734. The van der Waals surface area contributed by atoms with E-state index in [1.807, 2.05) is 0 Å². The largest absolute Gasteiger partial charge is 0.342 e. The maximum atomic E-state index is 12.7. The Kier molecular flexibility index (Phi) is 2.08. The average molecular weight is 247 g/mol. The van der Waals surface area contributed by atoms with Crippen molar-refractivity contribution in [3.63, 3.8) is 0 Å². The molecule has 0 unspecified atom stereocenters. The van der Waals surface area contributed by atoms with Crippen LogP contribution in [0.1, 0.15) is 52.4 Å². The fourth-order valence-electron chi connectivity index (χ4n) is 5.02. The van der Waals surface area contributed by atoms with Gasteiger partial charge in [0.1, 0.15) is 0 Å².